The van der Waals surface area contributed by atoms with Crippen molar-refractivity contribution in [2.75, 3.05) is 39.3 Å². The maximum absolute atomic E-state index is 12.5. The Balaban J connectivity index is 1.90. The largest absolute Gasteiger partial charge is 0.356 e. The van der Waals surface area contributed by atoms with Crippen LogP contribution in [0.2, 0.25) is 0 Å². The van der Waals surface area contributed by atoms with Crippen molar-refractivity contribution < 1.29 is 9.59 Å². The Labute approximate surface area is 224 Å². The van der Waals surface area contributed by atoms with Gasteiger partial charge in [-0.25, -0.2) is 0 Å². The summed E-state index contributed by atoms with van der Waals surface area (Å²) in [6, 6.07) is 0. The number of hydrogen-bond acceptors (Lipinski definition) is 3. The molecular weight excluding hydrogens is 446 g/mol. The van der Waals surface area contributed by atoms with Gasteiger partial charge in [-0.15, -0.1) is 0 Å². The molecule has 1 heterocycles. The zero-order valence-electron chi connectivity index (χ0n) is 24.3. The lowest BCUT2D eigenvalue weighted by atomic mass is 10.1. The Hall–Kier alpha value is -1.10. The summed E-state index contributed by atoms with van der Waals surface area (Å²) in [6.07, 6.45) is 25.7. The molecule has 0 saturated carbocycles. The van der Waals surface area contributed by atoms with Crippen LogP contribution in [0, 0.1) is 0 Å². The molecule has 0 atom stereocenters. The molecule has 5 heteroatoms. The van der Waals surface area contributed by atoms with Crippen LogP contribution in [0.15, 0.2) is 0 Å². The van der Waals surface area contributed by atoms with Crippen LogP contribution in [0.5, 0.6) is 0 Å². The van der Waals surface area contributed by atoms with Crippen LogP contribution in [-0.2, 0) is 9.59 Å². The maximum Gasteiger partial charge on any atom is 0.222 e. The van der Waals surface area contributed by atoms with Crippen molar-refractivity contribution in [2.24, 2.45) is 0 Å². The number of carbonyl (C=O) groups excluding carboxylic acids is 2. The monoisotopic (exact) mass is 507 g/mol. The van der Waals surface area contributed by atoms with Gasteiger partial charge < -0.3 is 10.2 Å². The Morgan fingerprint density at radius 3 is 1.50 bits per heavy atom. The molecule has 36 heavy (non-hydrogen) atoms. The van der Waals surface area contributed by atoms with Gasteiger partial charge >= 0.3 is 0 Å². The van der Waals surface area contributed by atoms with E-state index in [0.29, 0.717) is 12.3 Å². The molecule has 1 fully saturated rings. The highest BCUT2D eigenvalue weighted by Crippen LogP contribution is 2.13. The van der Waals surface area contributed by atoms with Crippen LogP contribution >= 0.6 is 0 Å². The molecule has 1 aliphatic heterocycles. The lowest BCUT2D eigenvalue weighted by Gasteiger charge is -2.34. The lowest BCUT2D eigenvalue weighted by Crippen LogP contribution is -2.49. The normalized spacial score (nSPS) is 14.3. The molecule has 212 valence electrons. The lowest BCUT2D eigenvalue weighted by molar-refractivity contribution is -0.133. The highest BCUT2D eigenvalue weighted by molar-refractivity contribution is 5.76. The molecule has 0 aliphatic carbocycles. The van der Waals surface area contributed by atoms with Crippen LogP contribution < -0.4 is 5.32 Å². The summed E-state index contributed by atoms with van der Waals surface area (Å²) in [4.78, 5) is 29.1. The SMILES string of the molecule is CCCCCCCCCCCC(=O)NCCCN1CCN(C(=O)CCCCCCCCCCC)CC1. The molecule has 0 bridgehead atoms. The quantitative estimate of drug-likeness (QED) is 0.138. The van der Waals surface area contributed by atoms with Crippen LogP contribution in [0.4, 0.5) is 0 Å². The molecule has 0 aromatic heterocycles. The van der Waals surface area contributed by atoms with Crippen molar-refractivity contribution in [3.8, 4) is 0 Å². The van der Waals surface area contributed by atoms with E-state index < -0.39 is 0 Å². The van der Waals surface area contributed by atoms with Gasteiger partial charge in [0, 0.05) is 45.6 Å². The van der Waals surface area contributed by atoms with Gasteiger partial charge in [-0.05, 0) is 25.8 Å². The third-order valence-corrected chi connectivity index (χ3v) is 7.70. The molecule has 1 saturated heterocycles. The van der Waals surface area contributed by atoms with Crippen molar-refractivity contribution in [1.82, 2.24) is 15.1 Å². The number of hydrogen-bond donors (Lipinski definition) is 1. The molecule has 0 unspecified atom stereocenters. The number of rotatable bonds is 24. The van der Waals surface area contributed by atoms with E-state index >= 15 is 0 Å². The molecule has 0 spiro atoms. The first-order valence-corrected chi connectivity index (χ1v) is 15.9. The van der Waals surface area contributed by atoms with Crippen molar-refractivity contribution in [3.05, 3.63) is 0 Å². The van der Waals surface area contributed by atoms with E-state index in [1.165, 1.54) is 103 Å². The van der Waals surface area contributed by atoms with E-state index in [1.807, 2.05) is 0 Å². The van der Waals surface area contributed by atoms with Crippen molar-refractivity contribution >= 4 is 11.8 Å². The van der Waals surface area contributed by atoms with Crippen LogP contribution in [-0.4, -0.2) is 60.9 Å². The van der Waals surface area contributed by atoms with Gasteiger partial charge in [0.25, 0.3) is 0 Å². The highest BCUT2D eigenvalue weighted by Gasteiger charge is 2.20. The average molecular weight is 508 g/mol. The van der Waals surface area contributed by atoms with Crippen LogP contribution in [0.1, 0.15) is 149 Å². The Morgan fingerprint density at radius 1 is 0.556 bits per heavy atom. The molecular formula is C31H61N3O2. The van der Waals surface area contributed by atoms with Crippen molar-refractivity contribution in [2.45, 2.75) is 149 Å². The van der Waals surface area contributed by atoms with Crippen LogP contribution in [0.3, 0.4) is 0 Å². The number of carbonyl (C=O) groups is 2. The molecule has 2 amide bonds. The number of nitrogens with one attached hydrogen (secondary N) is 1. The van der Waals surface area contributed by atoms with Crippen molar-refractivity contribution in [3.63, 3.8) is 0 Å². The first kappa shape index (κ1) is 32.9. The molecule has 5 nitrogen and oxygen atoms in total. The summed E-state index contributed by atoms with van der Waals surface area (Å²) in [6.45, 7) is 9.97. The van der Waals surface area contributed by atoms with E-state index in [4.69, 9.17) is 0 Å². The van der Waals surface area contributed by atoms with Gasteiger partial charge in [0.2, 0.25) is 11.8 Å². The summed E-state index contributed by atoms with van der Waals surface area (Å²) >= 11 is 0. The van der Waals surface area contributed by atoms with Gasteiger partial charge in [-0.1, -0.05) is 117 Å². The van der Waals surface area contributed by atoms with Crippen molar-refractivity contribution in [1.29, 1.82) is 0 Å². The van der Waals surface area contributed by atoms with Gasteiger partial charge in [0.05, 0.1) is 0 Å². The van der Waals surface area contributed by atoms with Gasteiger partial charge in [0.1, 0.15) is 0 Å². The zero-order valence-corrected chi connectivity index (χ0v) is 24.3. The molecule has 1 rings (SSSR count). The third kappa shape index (κ3) is 19.1. The Kier molecular flexibility index (Phi) is 22.2. The fraction of sp³-hybridized carbons (Fsp3) is 0.935. The molecule has 0 aromatic carbocycles. The number of unbranched alkanes of at least 4 members (excludes halogenated alkanes) is 16. The topological polar surface area (TPSA) is 52.7 Å². The second-order valence-corrected chi connectivity index (χ2v) is 11.1. The van der Waals surface area contributed by atoms with E-state index in [9.17, 15) is 9.59 Å². The fourth-order valence-corrected chi connectivity index (χ4v) is 5.18. The predicted molar refractivity (Wildman–Crippen MR) is 154 cm³/mol. The van der Waals surface area contributed by atoms with E-state index in [-0.39, 0.29) is 5.91 Å². The van der Waals surface area contributed by atoms with E-state index in [0.717, 1.165) is 65.0 Å². The standard InChI is InChI=1S/C31H61N3O2/c1-3-5-7-9-11-13-15-17-19-22-30(35)32-24-21-25-33-26-28-34(29-27-33)31(36)23-20-18-16-14-12-10-8-6-4-2/h3-29H2,1-2H3,(H,32,35). The third-order valence-electron chi connectivity index (χ3n) is 7.70. The average Bonchev–Trinajstić information content (AvgIpc) is 2.89. The second kappa shape index (κ2) is 24.2. The molecule has 0 aromatic rings. The van der Waals surface area contributed by atoms with Gasteiger partial charge in [-0.3, -0.25) is 14.5 Å². The minimum absolute atomic E-state index is 0.213. The first-order chi connectivity index (χ1) is 17.7. The smallest absolute Gasteiger partial charge is 0.222 e. The zero-order chi connectivity index (χ0) is 26.1. The highest BCUT2D eigenvalue weighted by atomic mass is 16.2. The first-order valence-electron chi connectivity index (χ1n) is 15.9. The fourth-order valence-electron chi connectivity index (χ4n) is 5.18. The van der Waals surface area contributed by atoms with E-state index in [1.54, 1.807) is 0 Å². The molecule has 1 N–H and O–H groups in total. The van der Waals surface area contributed by atoms with Gasteiger partial charge in [-0.2, -0.15) is 0 Å². The van der Waals surface area contributed by atoms with Gasteiger partial charge in [0.15, 0.2) is 0 Å². The summed E-state index contributed by atoms with van der Waals surface area (Å²) in [5, 5.41) is 3.09. The number of amides is 2. The maximum atomic E-state index is 12.5. The summed E-state index contributed by atoms with van der Waals surface area (Å²) < 4.78 is 0. The summed E-state index contributed by atoms with van der Waals surface area (Å²) in [7, 11) is 0. The number of piperazine rings is 1. The summed E-state index contributed by atoms with van der Waals surface area (Å²) in [5.74, 6) is 0.561. The predicted octanol–water partition coefficient (Wildman–Crippen LogP) is 7.48. The minimum Gasteiger partial charge on any atom is -0.356 e. The van der Waals surface area contributed by atoms with Crippen LogP contribution in [0.25, 0.3) is 0 Å². The summed E-state index contributed by atoms with van der Waals surface area (Å²) in [5.41, 5.74) is 0. The molecule has 0 radical (unpaired) electrons. The Bertz CT molecular complexity index is 518. The van der Waals surface area contributed by atoms with E-state index in [2.05, 4.69) is 29.0 Å². The number of nitrogens with zero attached hydrogens (tertiary/aromatic N) is 2. The Morgan fingerprint density at radius 2 is 1.00 bits per heavy atom. The second-order valence-electron chi connectivity index (χ2n) is 11.1. The minimum atomic E-state index is 0.213. The molecule has 1 aliphatic rings.